The zero-order valence-electron chi connectivity index (χ0n) is 6.21. The van der Waals surface area contributed by atoms with Crippen LogP contribution in [0.15, 0.2) is 0 Å². The Morgan fingerprint density at radius 3 is 1.00 bits per heavy atom. The van der Waals surface area contributed by atoms with E-state index in [9.17, 15) is 10.2 Å². The molecule has 13 heavy (non-hydrogen) atoms. The number of aliphatic hydroxyl groups excluding tert-OH is 2. The third-order valence-corrected chi connectivity index (χ3v) is 4.73. The molecule has 0 unspecified atom stereocenters. The van der Waals surface area contributed by atoms with Crippen LogP contribution in [0.5, 0.6) is 0 Å². The van der Waals surface area contributed by atoms with Crippen LogP contribution in [-0.2, 0) is 0 Å². The summed E-state index contributed by atoms with van der Waals surface area (Å²) >= 11 is 11.2. The van der Waals surface area contributed by atoms with E-state index in [0.717, 1.165) is 0 Å². The summed E-state index contributed by atoms with van der Waals surface area (Å²) in [6.45, 7) is -1.33. The molecule has 80 valence electrons. The van der Waals surface area contributed by atoms with Gasteiger partial charge in [-0.1, -0.05) is 0 Å². The molecule has 4 nitrogen and oxygen atoms in total. The predicted octanol–water partition coefficient (Wildman–Crippen LogP) is 0.829. The molecule has 8 heteroatoms. The van der Waals surface area contributed by atoms with Gasteiger partial charge in [0.25, 0.3) is 0 Å². The standard InChI is InChI=1S/C5H8Br4O4/c6-4(7,12)3(1-10,2-11)5(8,9)13/h10-13H,1-2H2. The van der Waals surface area contributed by atoms with Crippen molar-refractivity contribution in [2.45, 2.75) is 6.84 Å². The first-order valence-electron chi connectivity index (χ1n) is 3.04. The van der Waals surface area contributed by atoms with E-state index < -0.39 is 25.5 Å². The summed E-state index contributed by atoms with van der Waals surface area (Å²) in [6, 6.07) is 0. The van der Waals surface area contributed by atoms with Gasteiger partial charge in [-0.05, 0) is 63.7 Å². The van der Waals surface area contributed by atoms with Crippen molar-refractivity contribution in [1.82, 2.24) is 0 Å². The van der Waals surface area contributed by atoms with Crippen molar-refractivity contribution in [2.75, 3.05) is 13.2 Å². The summed E-state index contributed by atoms with van der Waals surface area (Å²) in [4.78, 5) is 0. The molecule has 0 aliphatic heterocycles. The van der Waals surface area contributed by atoms with Gasteiger partial charge in [0.2, 0.25) is 0 Å². The highest BCUT2D eigenvalue weighted by Gasteiger charge is 2.59. The Bertz CT molecular complexity index is 152. The summed E-state index contributed by atoms with van der Waals surface area (Å²) in [5.41, 5.74) is -1.65. The minimum Gasteiger partial charge on any atom is -0.395 e. The van der Waals surface area contributed by atoms with Gasteiger partial charge in [-0.2, -0.15) is 0 Å². The van der Waals surface area contributed by atoms with E-state index in [2.05, 4.69) is 63.7 Å². The molecule has 0 saturated carbocycles. The first kappa shape index (κ1) is 14.8. The first-order valence-corrected chi connectivity index (χ1v) is 6.21. The summed E-state index contributed by atoms with van der Waals surface area (Å²) < 4.78 is -3.64. The van der Waals surface area contributed by atoms with Crippen LogP contribution in [-0.4, -0.2) is 40.5 Å². The van der Waals surface area contributed by atoms with Gasteiger partial charge in [0.05, 0.1) is 13.2 Å². The zero-order valence-corrected chi connectivity index (χ0v) is 12.6. The average molecular weight is 452 g/mol. The number of rotatable bonds is 4. The Kier molecular flexibility index (Phi) is 5.37. The van der Waals surface area contributed by atoms with Gasteiger partial charge in [-0.25, -0.2) is 0 Å². The molecule has 0 rings (SSSR count). The van der Waals surface area contributed by atoms with Crippen molar-refractivity contribution in [3.8, 4) is 0 Å². The number of alkyl halides is 4. The molecular formula is C5H8Br4O4. The van der Waals surface area contributed by atoms with Gasteiger partial charge < -0.3 is 20.4 Å². The lowest BCUT2D eigenvalue weighted by Gasteiger charge is -2.43. The molecule has 4 N–H and O–H groups in total. The van der Waals surface area contributed by atoms with E-state index in [0.29, 0.717) is 0 Å². The van der Waals surface area contributed by atoms with Crippen molar-refractivity contribution in [3.63, 3.8) is 0 Å². The largest absolute Gasteiger partial charge is 0.395 e. The Hall–Kier alpha value is 1.76. The van der Waals surface area contributed by atoms with Crippen LogP contribution in [0.3, 0.4) is 0 Å². The van der Waals surface area contributed by atoms with E-state index >= 15 is 0 Å². The maximum atomic E-state index is 9.56. The molecule has 0 radical (unpaired) electrons. The molecule has 0 aromatic rings. The summed E-state index contributed by atoms with van der Waals surface area (Å²) in [7, 11) is 0. The van der Waals surface area contributed by atoms with Gasteiger partial charge in [-0.15, -0.1) is 0 Å². The van der Waals surface area contributed by atoms with E-state index in [1.54, 1.807) is 0 Å². The van der Waals surface area contributed by atoms with Crippen molar-refractivity contribution in [3.05, 3.63) is 0 Å². The molecule has 0 saturated heterocycles. The molecule has 0 aliphatic carbocycles. The molecule has 0 bridgehead atoms. The third kappa shape index (κ3) is 2.87. The second kappa shape index (κ2) is 4.73. The fraction of sp³-hybridized carbons (Fsp3) is 1.00. The number of hydrogen-bond acceptors (Lipinski definition) is 4. The fourth-order valence-corrected chi connectivity index (χ4v) is 3.83. The minimum atomic E-state index is -1.82. The Labute approximate surface area is 109 Å². The highest BCUT2D eigenvalue weighted by atomic mass is 79.9. The maximum Gasteiger partial charge on any atom is 0.189 e. The van der Waals surface area contributed by atoms with E-state index in [4.69, 9.17) is 10.2 Å². The molecule has 0 spiro atoms. The third-order valence-electron chi connectivity index (χ3n) is 1.69. The highest BCUT2D eigenvalue weighted by molar-refractivity contribution is 9.26. The quantitative estimate of drug-likeness (QED) is 0.477. The second-order valence-corrected chi connectivity index (χ2v) is 9.20. The van der Waals surface area contributed by atoms with E-state index in [-0.39, 0.29) is 0 Å². The van der Waals surface area contributed by atoms with Crippen molar-refractivity contribution in [2.24, 2.45) is 5.41 Å². The first-order chi connectivity index (χ1) is 5.62. The Morgan fingerprint density at radius 1 is 0.769 bits per heavy atom. The van der Waals surface area contributed by atoms with Crippen LogP contribution in [0.1, 0.15) is 0 Å². The smallest absolute Gasteiger partial charge is 0.189 e. The predicted molar refractivity (Wildman–Crippen MR) is 62.2 cm³/mol. The van der Waals surface area contributed by atoms with Crippen molar-refractivity contribution < 1.29 is 20.4 Å². The van der Waals surface area contributed by atoms with E-state index in [1.807, 2.05) is 0 Å². The van der Waals surface area contributed by atoms with Crippen molar-refractivity contribution in [1.29, 1.82) is 0 Å². The van der Waals surface area contributed by atoms with Crippen LogP contribution in [0.2, 0.25) is 0 Å². The molecule has 0 heterocycles. The fourth-order valence-electron chi connectivity index (χ4n) is 0.611. The van der Waals surface area contributed by atoms with Gasteiger partial charge in [0.1, 0.15) is 5.41 Å². The molecule has 0 amide bonds. The summed E-state index contributed by atoms with van der Waals surface area (Å²) in [5, 5.41) is 37.2. The number of halogens is 4. The van der Waals surface area contributed by atoms with E-state index in [1.165, 1.54) is 0 Å². The minimum absolute atomic E-state index is 0.663. The topological polar surface area (TPSA) is 80.9 Å². The zero-order chi connectivity index (χ0) is 10.9. The Morgan fingerprint density at radius 2 is 1.00 bits per heavy atom. The van der Waals surface area contributed by atoms with Gasteiger partial charge in [0.15, 0.2) is 6.84 Å². The second-order valence-electron chi connectivity index (χ2n) is 2.48. The van der Waals surface area contributed by atoms with Crippen LogP contribution >= 0.6 is 63.7 Å². The lowest BCUT2D eigenvalue weighted by atomic mass is 9.92. The lowest BCUT2D eigenvalue weighted by Crippen LogP contribution is -2.56. The van der Waals surface area contributed by atoms with Gasteiger partial charge >= 0.3 is 0 Å². The van der Waals surface area contributed by atoms with Crippen LogP contribution in [0, 0.1) is 5.41 Å². The monoisotopic (exact) mass is 448 g/mol. The van der Waals surface area contributed by atoms with Crippen LogP contribution in [0.25, 0.3) is 0 Å². The molecule has 0 aromatic heterocycles. The molecule has 0 aliphatic rings. The summed E-state index contributed by atoms with van der Waals surface area (Å²) in [5.74, 6) is 0. The normalized spacial score (nSPS) is 14.8. The SMILES string of the molecule is OCC(CO)(C(O)(Br)Br)C(O)(Br)Br. The number of hydrogen-bond donors (Lipinski definition) is 4. The van der Waals surface area contributed by atoms with Crippen LogP contribution < -0.4 is 0 Å². The molecule has 0 aromatic carbocycles. The molecule has 0 fully saturated rings. The van der Waals surface area contributed by atoms with Gasteiger partial charge in [0, 0.05) is 0 Å². The molecular weight excluding hydrogens is 444 g/mol. The average Bonchev–Trinajstić information content (AvgIpc) is 1.84. The maximum absolute atomic E-state index is 9.56. The van der Waals surface area contributed by atoms with Gasteiger partial charge in [-0.3, -0.25) is 0 Å². The summed E-state index contributed by atoms with van der Waals surface area (Å²) in [6.07, 6.45) is 0. The molecule has 0 atom stereocenters. The van der Waals surface area contributed by atoms with Crippen molar-refractivity contribution >= 4 is 63.7 Å². The van der Waals surface area contributed by atoms with Crippen LogP contribution in [0.4, 0.5) is 0 Å². The highest BCUT2D eigenvalue weighted by Crippen LogP contribution is 2.53. The lowest BCUT2D eigenvalue weighted by molar-refractivity contribution is -0.0773. The Balaban J connectivity index is 5.17. The number of aliphatic hydroxyl groups is 4.